The molecule has 0 saturated carbocycles. The van der Waals surface area contributed by atoms with Crippen molar-refractivity contribution in [3.05, 3.63) is 62.8 Å². The molecule has 0 atom stereocenters. The van der Waals surface area contributed by atoms with Crippen LogP contribution in [0.3, 0.4) is 0 Å². The third-order valence-electron chi connectivity index (χ3n) is 3.83. The number of hydrogen-bond acceptors (Lipinski definition) is 5. The lowest BCUT2D eigenvalue weighted by molar-refractivity contribution is -0.384. The van der Waals surface area contributed by atoms with Gasteiger partial charge in [-0.2, -0.15) is 13.2 Å². The number of carbonyl (C=O) groups is 1. The van der Waals surface area contributed by atoms with Gasteiger partial charge in [-0.05, 0) is 18.2 Å². The molecular weight excluding hydrogens is 391 g/mol. The second-order valence-electron chi connectivity index (χ2n) is 5.73. The lowest BCUT2D eigenvalue weighted by Gasteiger charge is -2.38. The van der Waals surface area contributed by atoms with Crippen LogP contribution in [-0.4, -0.2) is 39.9 Å². The molecule has 0 aliphatic carbocycles. The number of nitrogens with zero attached hydrogens (tertiary/aromatic N) is 3. The minimum absolute atomic E-state index is 0.0849. The molecule has 2 aromatic rings. The van der Waals surface area contributed by atoms with Gasteiger partial charge in [0.2, 0.25) is 5.88 Å². The van der Waals surface area contributed by atoms with E-state index < -0.39 is 28.8 Å². The Hall–Kier alpha value is -2.88. The molecule has 0 unspecified atom stereocenters. The van der Waals surface area contributed by atoms with Crippen molar-refractivity contribution in [1.29, 1.82) is 0 Å². The molecule has 1 amide bonds. The Kier molecular flexibility index (Phi) is 4.92. The zero-order valence-electron chi connectivity index (χ0n) is 13.4. The van der Waals surface area contributed by atoms with E-state index in [0.717, 1.165) is 12.1 Å². The van der Waals surface area contributed by atoms with Crippen LogP contribution in [0.4, 0.5) is 18.9 Å². The number of hydrogen-bond donors (Lipinski definition) is 0. The fraction of sp³-hybridized carbons (Fsp3) is 0.250. The Morgan fingerprint density at radius 2 is 2.00 bits per heavy atom. The molecule has 2 heterocycles. The Labute approximate surface area is 155 Å². The van der Waals surface area contributed by atoms with Crippen LogP contribution < -0.4 is 4.74 Å². The van der Waals surface area contributed by atoms with Crippen molar-refractivity contribution >= 4 is 23.2 Å². The number of aromatic nitrogens is 1. The third kappa shape index (κ3) is 4.11. The van der Waals surface area contributed by atoms with E-state index >= 15 is 0 Å². The average molecular weight is 402 g/mol. The zero-order valence-corrected chi connectivity index (χ0v) is 14.2. The maximum absolute atomic E-state index is 12.6. The van der Waals surface area contributed by atoms with Gasteiger partial charge in [-0.15, -0.1) is 0 Å². The second-order valence-corrected chi connectivity index (χ2v) is 6.14. The highest BCUT2D eigenvalue weighted by atomic mass is 35.5. The molecule has 0 N–H and O–H groups in total. The quantitative estimate of drug-likeness (QED) is 0.577. The fourth-order valence-corrected chi connectivity index (χ4v) is 2.64. The second kappa shape index (κ2) is 7.03. The first kappa shape index (κ1) is 18.9. The Morgan fingerprint density at radius 1 is 1.30 bits per heavy atom. The number of benzene rings is 1. The maximum atomic E-state index is 12.6. The van der Waals surface area contributed by atoms with Crippen molar-refractivity contribution in [3.8, 4) is 5.88 Å². The first-order valence-corrected chi connectivity index (χ1v) is 7.97. The van der Waals surface area contributed by atoms with E-state index in [1.807, 2.05) is 0 Å². The van der Waals surface area contributed by atoms with Gasteiger partial charge < -0.3 is 9.64 Å². The van der Waals surface area contributed by atoms with Crippen molar-refractivity contribution < 1.29 is 27.6 Å². The Bertz CT molecular complexity index is 901. The number of rotatable bonds is 4. The van der Waals surface area contributed by atoms with Crippen molar-refractivity contribution in [2.24, 2.45) is 0 Å². The van der Waals surface area contributed by atoms with Crippen LogP contribution in [0.1, 0.15) is 16.1 Å². The van der Waals surface area contributed by atoms with Crippen LogP contribution in [-0.2, 0) is 6.18 Å². The summed E-state index contributed by atoms with van der Waals surface area (Å²) in [5.74, 6) is -0.657. The van der Waals surface area contributed by atoms with Gasteiger partial charge in [0.25, 0.3) is 11.6 Å². The summed E-state index contributed by atoms with van der Waals surface area (Å²) in [5, 5.41) is 10.8. The molecule has 1 aliphatic rings. The van der Waals surface area contributed by atoms with Crippen LogP contribution in [0.2, 0.25) is 5.02 Å². The molecule has 142 valence electrons. The van der Waals surface area contributed by atoms with Gasteiger partial charge in [-0.1, -0.05) is 17.7 Å². The van der Waals surface area contributed by atoms with E-state index in [9.17, 15) is 28.1 Å². The van der Waals surface area contributed by atoms with Gasteiger partial charge in [0, 0.05) is 17.7 Å². The molecule has 0 radical (unpaired) electrons. The topological polar surface area (TPSA) is 85.6 Å². The minimum Gasteiger partial charge on any atom is -0.471 e. The van der Waals surface area contributed by atoms with E-state index in [0.29, 0.717) is 0 Å². The van der Waals surface area contributed by atoms with E-state index in [1.165, 1.54) is 29.2 Å². The summed E-state index contributed by atoms with van der Waals surface area (Å²) >= 11 is 5.71. The first-order chi connectivity index (χ1) is 12.6. The summed E-state index contributed by atoms with van der Waals surface area (Å²) in [7, 11) is 0. The largest absolute Gasteiger partial charge is 0.471 e. The number of nitro benzene ring substituents is 1. The summed E-state index contributed by atoms with van der Waals surface area (Å²) in [4.78, 5) is 27.3. The summed E-state index contributed by atoms with van der Waals surface area (Å²) in [5.41, 5.74) is -1.37. The van der Waals surface area contributed by atoms with Gasteiger partial charge >= 0.3 is 6.18 Å². The molecule has 1 saturated heterocycles. The summed E-state index contributed by atoms with van der Waals surface area (Å²) < 4.78 is 43.3. The predicted molar refractivity (Wildman–Crippen MR) is 87.7 cm³/mol. The smallest absolute Gasteiger partial charge is 0.433 e. The van der Waals surface area contributed by atoms with Crippen LogP contribution in [0, 0.1) is 10.1 Å². The van der Waals surface area contributed by atoms with E-state index in [2.05, 4.69) is 4.98 Å². The third-order valence-corrected chi connectivity index (χ3v) is 4.15. The molecule has 0 spiro atoms. The first-order valence-electron chi connectivity index (χ1n) is 7.59. The number of nitro groups is 1. The number of pyridine rings is 1. The lowest BCUT2D eigenvalue weighted by Crippen LogP contribution is -2.56. The van der Waals surface area contributed by atoms with Gasteiger partial charge in [-0.3, -0.25) is 14.9 Å². The van der Waals surface area contributed by atoms with Crippen LogP contribution in [0.5, 0.6) is 5.88 Å². The average Bonchev–Trinajstić information content (AvgIpc) is 2.57. The van der Waals surface area contributed by atoms with Crippen molar-refractivity contribution in [1.82, 2.24) is 9.88 Å². The molecule has 3 rings (SSSR count). The number of amides is 1. The van der Waals surface area contributed by atoms with E-state index in [-0.39, 0.29) is 35.2 Å². The predicted octanol–water partition coefficient (Wildman–Crippen LogP) is 3.57. The maximum Gasteiger partial charge on any atom is 0.433 e. The number of halogens is 4. The molecule has 1 aromatic carbocycles. The molecule has 27 heavy (non-hydrogen) atoms. The number of likely N-dealkylation sites (tertiary alicyclic amines) is 1. The molecule has 11 heteroatoms. The highest BCUT2D eigenvalue weighted by Crippen LogP contribution is 2.30. The zero-order chi connectivity index (χ0) is 19.8. The van der Waals surface area contributed by atoms with E-state index in [4.69, 9.17) is 16.3 Å². The lowest BCUT2D eigenvalue weighted by atomic mass is 10.1. The molecule has 1 fully saturated rings. The number of carbonyl (C=O) groups excluding carboxylic acids is 1. The molecular formula is C16H11ClF3N3O4. The highest BCUT2D eigenvalue weighted by molar-refractivity contribution is 6.32. The minimum atomic E-state index is -4.58. The number of alkyl halides is 3. The van der Waals surface area contributed by atoms with Crippen molar-refractivity contribution in [3.63, 3.8) is 0 Å². The monoisotopic (exact) mass is 401 g/mol. The van der Waals surface area contributed by atoms with Gasteiger partial charge in [0.05, 0.1) is 18.0 Å². The van der Waals surface area contributed by atoms with Crippen molar-refractivity contribution in [2.45, 2.75) is 12.3 Å². The fourth-order valence-electron chi connectivity index (χ4n) is 2.46. The highest BCUT2D eigenvalue weighted by Gasteiger charge is 2.35. The molecule has 7 nitrogen and oxygen atoms in total. The van der Waals surface area contributed by atoms with Gasteiger partial charge in [-0.25, -0.2) is 4.98 Å². The summed E-state index contributed by atoms with van der Waals surface area (Å²) in [6.45, 7) is 0.236. The number of ether oxygens (including phenoxy) is 1. The normalized spacial score (nSPS) is 14.6. The Balaban J connectivity index is 1.62. The molecule has 1 aliphatic heterocycles. The molecule has 0 bridgehead atoms. The van der Waals surface area contributed by atoms with Crippen LogP contribution >= 0.6 is 11.6 Å². The Morgan fingerprint density at radius 3 is 2.63 bits per heavy atom. The van der Waals surface area contributed by atoms with Crippen molar-refractivity contribution in [2.75, 3.05) is 13.1 Å². The molecule has 1 aromatic heterocycles. The van der Waals surface area contributed by atoms with Crippen LogP contribution in [0.15, 0.2) is 36.4 Å². The van der Waals surface area contributed by atoms with Gasteiger partial charge in [0.1, 0.15) is 16.8 Å². The van der Waals surface area contributed by atoms with Crippen LogP contribution in [0.25, 0.3) is 0 Å². The SMILES string of the molecule is O=C(c1ccc(Cl)c([N+](=O)[O-])c1)N1CC(Oc2cccc(C(F)(F)F)n2)C1. The van der Waals surface area contributed by atoms with E-state index in [1.54, 1.807) is 0 Å². The van der Waals surface area contributed by atoms with Gasteiger partial charge in [0.15, 0.2) is 0 Å². The summed E-state index contributed by atoms with van der Waals surface area (Å²) in [6, 6.07) is 7.00. The standard InChI is InChI=1S/C16H11ClF3N3O4/c17-11-5-4-9(6-12(11)23(25)26)15(24)22-7-10(8-22)27-14-3-1-2-13(21-14)16(18,19)20/h1-6,10H,7-8H2. The summed E-state index contributed by atoms with van der Waals surface area (Å²) in [6.07, 6.45) is -5.10.